The summed E-state index contributed by atoms with van der Waals surface area (Å²) in [4.78, 5) is 3.33. The highest BCUT2D eigenvalue weighted by molar-refractivity contribution is 5.30. The summed E-state index contributed by atoms with van der Waals surface area (Å²) in [6, 6.07) is 6.16. The third-order valence-corrected chi connectivity index (χ3v) is 1.83. The number of rotatable bonds is 1. The van der Waals surface area contributed by atoms with E-state index in [1.165, 1.54) is 11.1 Å². The standard InChI is InChI=1S/C10H11N/c1-8-4-5-10(7-11-3)6-9(8)2/h4-6H,7H2,1-2H3. The lowest BCUT2D eigenvalue weighted by Crippen LogP contribution is -1.84. The van der Waals surface area contributed by atoms with Crippen LogP contribution >= 0.6 is 0 Å². The fourth-order valence-electron chi connectivity index (χ4n) is 0.993. The third kappa shape index (κ3) is 1.81. The van der Waals surface area contributed by atoms with Crippen LogP contribution in [0.15, 0.2) is 18.2 Å². The maximum absolute atomic E-state index is 6.69. The lowest BCUT2D eigenvalue weighted by atomic mass is 10.1. The van der Waals surface area contributed by atoms with Gasteiger partial charge in [0.2, 0.25) is 6.54 Å². The summed E-state index contributed by atoms with van der Waals surface area (Å²) in [5, 5.41) is 0. The predicted molar refractivity (Wildman–Crippen MR) is 46.2 cm³/mol. The van der Waals surface area contributed by atoms with Crippen molar-refractivity contribution in [2.75, 3.05) is 0 Å². The Balaban J connectivity index is 2.98. The van der Waals surface area contributed by atoms with Gasteiger partial charge in [-0.25, -0.2) is 6.57 Å². The average molecular weight is 145 g/mol. The fraction of sp³-hybridized carbons (Fsp3) is 0.300. The average Bonchev–Trinajstić information content (AvgIpc) is 1.98. The molecule has 0 aliphatic carbocycles. The van der Waals surface area contributed by atoms with E-state index in [-0.39, 0.29) is 0 Å². The van der Waals surface area contributed by atoms with Crippen LogP contribution < -0.4 is 0 Å². The van der Waals surface area contributed by atoms with Gasteiger partial charge in [-0.05, 0) is 31.0 Å². The molecule has 56 valence electrons. The van der Waals surface area contributed by atoms with Crippen molar-refractivity contribution < 1.29 is 0 Å². The molecule has 0 bridgehead atoms. The van der Waals surface area contributed by atoms with Gasteiger partial charge >= 0.3 is 0 Å². The molecular formula is C10H11N. The van der Waals surface area contributed by atoms with Crippen LogP contribution in [0.4, 0.5) is 0 Å². The zero-order valence-corrected chi connectivity index (χ0v) is 6.89. The first kappa shape index (κ1) is 7.81. The Labute approximate surface area is 67.5 Å². The molecule has 1 nitrogen and oxygen atoms in total. The zero-order chi connectivity index (χ0) is 8.27. The van der Waals surface area contributed by atoms with Crippen LogP contribution in [0.1, 0.15) is 16.7 Å². The van der Waals surface area contributed by atoms with Crippen molar-refractivity contribution >= 4 is 0 Å². The number of nitrogens with zero attached hydrogens (tertiary/aromatic N) is 1. The van der Waals surface area contributed by atoms with E-state index in [0.717, 1.165) is 5.56 Å². The summed E-state index contributed by atoms with van der Waals surface area (Å²) in [5.41, 5.74) is 3.67. The van der Waals surface area contributed by atoms with Crippen molar-refractivity contribution in [1.29, 1.82) is 0 Å². The van der Waals surface area contributed by atoms with Gasteiger partial charge in [0.1, 0.15) is 0 Å². The van der Waals surface area contributed by atoms with E-state index in [2.05, 4.69) is 30.8 Å². The smallest absolute Gasteiger partial charge is 0.239 e. The maximum Gasteiger partial charge on any atom is 0.239 e. The molecule has 0 N–H and O–H groups in total. The van der Waals surface area contributed by atoms with Crippen LogP contribution in [0, 0.1) is 20.4 Å². The first-order valence-corrected chi connectivity index (χ1v) is 3.63. The topological polar surface area (TPSA) is 4.36 Å². The molecular weight excluding hydrogens is 134 g/mol. The van der Waals surface area contributed by atoms with Gasteiger partial charge in [0.05, 0.1) is 0 Å². The van der Waals surface area contributed by atoms with E-state index in [1.807, 2.05) is 6.07 Å². The largest absolute Gasteiger partial charge is 0.312 e. The number of hydrogen-bond donors (Lipinski definition) is 0. The molecule has 0 fully saturated rings. The predicted octanol–water partition coefficient (Wildman–Crippen LogP) is 2.72. The Morgan fingerprint density at radius 1 is 1.27 bits per heavy atom. The van der Waals surface area contributed by atoms with E-state index < -0.39 is 0 Å². The molecule has 1 aromatic carbocycles. The first-order chi connectivity index (χ1) is 5.24. The summed E-state index contributed by atoms with van der Waals surface area (Å²) in [5.74, 6) is 0. The minimum Gasteiger partial charge on any atom is -0.312 e. The summed E-state index contributed by atoms with van der Waals surface area (Å²) in [7, 11) is 0. The van der Waals surface area contributed by atoms with Gasteiger partial charge in [0.25, 0.3) is 0 Å². The van der Waals surface area contributed by atoms with E-state index >= 15 is 0 Å². The van der Waals surface area contributed by atoms with E-state index in [4.69, 9.17) is 6.57 Å². The van der Waals surface area contributed by atoms with E-state index in [0.29, 0.717) is 6.54 Å². The van der Waals surface area contributed by atoms with Crippen LogP contribution in [0.25, 0.3) is 4.85 Å². The molecule has 0 aromatic heterocycles. The Bertz CT molecular complexity index is 294. The van der Waals surface area contributed by atoms with Crippen molar-refractivity contribution in [3.63, 3.8) is 0 Å². The molecule has 0 atom stereocenters. The van der Waals surface area contributed by atoms with Crippen molar-refractivity contribution in [3.05, 3.63) is 46.3 Å². The van der Waals surface area contributed by atoms with Gasteiger partial charge in [0.15, 0.2) is 0 Å². The highest BCUT2D eigenvalue weighted by atomic mass is 14.6. The van der Waals surface area contributed by atoms with E-state index in [1.54, 1.807) is 0 Å². The monoisotopic (exact) mass is 145 g/mol. The van der Waals surface area contributed by atoms with Gasteiger partial charge in [0, 0.05) is 5.56 Å². The Morgan fingerprint density at radius 2 is 2.00 bits per heavy atom. The molecule has 1 aromatic rings. The molecule has 0 unspecified atom stereocenters. The lowest BCUT2D eigenvalue weighted by molar-refractivity contribution is 1.22. The Morgan fingerprint density at radius 3 is 2.55 bits per heavy atom. The normalized spacial score (nSPS) is 9.18. The lowest BCUT2D eigenvalue weighted by Gasteiger charge is -1.98. The van der Waals surface area contributed by atoms with Crippen LogP contribution in [0.3, 0.4) is 0 Å². The van der Waals surface area contributed by atoms with Crippen LogP contribution in [0.5, 0.6) is 0 Å². The molecule has 1 rings (SSSR count). The number of aryl methyl sites for hydroxylation is 2. The molecule has 0 radical (unpaired) electrons. The van der Waals surface area contributed by atoms with Crippen molar-refractivity contribution in [2.24, 2.45) is 0 Å². The zero-order valence-electron chi connectivity index (χ0n) is 6.89. The summed E-state index contributed by atoms with van der Waals surface area (Å²) < 4.78 is 0. The van der Waals surface area contributed by atoms with Crippen LogP contribution in [0.2, 0.25) is 0 Å². The van der Waals surface area contributed by atoms with Crippen molar-refractivity contribution in [1.82, 2.24) is 0 Å². The molecule has 0 aliphatic heterocycles. The maximum atomic E-state index is 6.69. The molecule has 0 saturated heterocycles. The van der Waals surface area contributed by atoms with Gasteiger partial charge in [-0.15, -0.1) is 0 Å². The van der Waals surface area contributed by atoms with Crippen LogP contribution in [-0.2, 0) is 6.54 Å². The quantitative estimate of drug-likeness (QED) is 0.535. The second kappa shape index (κ2) is 3.21. The molecule has 0 spiro atoms. The van der Waals surface area contributed by atoms with Gasteiger partial charge in [-0.3, -0.25) is 0 Å². The molecule has 0 saturated carbocycles. The summed E-state index contributed by atoms with van der Waals surface area (Å²) >= 11 is 0. The molecule has 0 aliphatic rings. The third-order valence-electron chi connectivity index (χ3n) is 1.83. The SMILES string of the molecule is [C-]#[N+]Cc1ccc(C)c(C)c1. The second-order valence-corrected chi connectivity index (χ2v) is 2.73. The fourth-order valence-corrected chi connectivity index (χ4v) is 0.993. The molecule has 1 heteroatoms. The highest BCUT2D eigenvalue weighted by Crippen LogP contribution is 2.10. The van der Waals surface area contributed by atoms with Gasteiger partial charge in [-0.1, -0.05) is 12.1 Å². The highest BCUT2D eigenvalue weighted by Gasteiger charge is 1.96. The number of hydrogen-bond acceptors (Lipinski definition) is 0. The first-order valence-electron chi connectivity index (χ1n) is 3.63. The molecule has 0 heterocycles. The Hall–Kier alpha value is -1.29. The Kier molecular flexibility index (Phi) is 2.28. The minimum absolute atomic E-state index is 0.501. The minimum atomic E-state index is 0.501. The van der Waals surface area contributed by atoms with Crippen molar-refractivity contribution in [2.45, 2.75) is 20.4 Å². The van der Waals surface area contributed by atoms with Gasteiger partial charge in [-0.2, -0.15) is 0 Å². The van der Waals surface area contributed by atoms with Crippen molar-refractivity contribution in [3.8, 4) is 0 Å². The second-order valence-electron chi connectivity index (χ2n) is 2.73. The molecule has 11 heavy (non-hydrogen) atoms. The molecule has 0 amide bonds. The summed E-state index contributed by atoms with van der Waals surface area (Å²) in [6.07, 6.45) is 0. The van der Waals surface area contributed by atoms with Gasteiger partial charge < -0.3 is 4.85 Å². The van der Waals surface area contributed by atoms with Crippen LogP contribution in [-0.4, -0.2) is 0 Å². The van der Waals surface area contributed by atoms with E-state index in [9.17, 15) is 0 Å². The summed E-state index contributed by atoms with van der Waals surface area (Å²) in [6.45, 7) is 11.3. The number of benzene rings is 1.